The summed E-state index contributed by atoms with van der Waals surface area (Å²) in [6, 6.07) is 0. The van der Waals surface area contributed by atoms with E-state index in [0.29, 0.717) is 12.3 Å². The molecule has 2 rings (SSSR count). The zero-order valence-corrected chi connectivity index (χ0v) is 11.3. The molecule has 0 spiro atoms. The molecular weight excluding hydrogens is 246 g/mol. The Bertz CT molecular complexity index is 389. The summed E-state index contributed by atoms with van der Waals surface area (Å²) in [4.78, 5) is 23.7. The van der Waals surface area contributed by atoms with Gasteiger partial charge in [-0.2, -0.15) is 5.10 Å². The molecular formula is C13H21N3O3. The smallest absolute Gasteiger partial charge is 0.407 e. The molecule has 0 atom stereocenters. The monoisotopic (exact) mass is 267 g/mol. The maximum atomic E-state index is 11.8. The van der Waals surface area contributed by atoms with Crippen molar-refractivity contribution in [1.29, 1.82) is 0 Å². The van der Waals surface area contributed by atoms with E-state index < -0.39 is 6.09 Å². The molecule has 19 heavy (non-hydrogen) atoms. The molecule has 1 aliphatic carbocycles. The lowest BCUT2D eigenvalue weighted by Crippen LogP contribution is -2.30. The Morgan fingerprint density at radius 1 is 1.47 bits per heavy atom. The van der Waals surface area contributed by atoms with Gasteiger partial charge in [-0.1, -0.05) is 25.7 Å². The number of carbonyl (C=O) groups is 2. The normalized spacial score (nSPS) is 19.9. The van der Waals surface area contributed by atoms with Gasteiger partial charge in [0.25, 0.3) is 0 Å². The van der Waals surface area contributed by atoms with Gasteiger partial charge in [0.2, 0.25) is 5.91 Å². The van der Waals surface area contributed by atoms with Crippen molar-refractivity contribution in [3.05, 3.63) is 0 Å². The number of hydrogen-bond acceptors (Lipinski definition) is 3. The quantitative estimate of drug-likeness (QED) is 0.825. The molecule has 1 aliphatic heterocycles. The van der Waals surface area contributed by atoms with Crippen LogP contribution in [0.5, 0.6) is 0 Å². The van der Waals surface area contributed by atoms with E-state index in [1.807, 2.05) is 0 Å². The SMILES string of the molecule is CN(CC1=NN(CCC2CCCC2)C(=O)C1)C(=O)O. The molecule has 0 saturated heterocycles. The van der Waals surface area contributed by atoms with Gasteiger partial charge in [0, 0.05) is 13.6 Å². The summed E-state index contributed by atoms with van der Waals surface area (Å²) >= 11 is 0. The second-order valence-electron chi connectivity index (χ2n) is 5.44. The van der Waals surface area contributed by atoms with Crippen molar-refractivity contribution in [2.24, 2.45) is 11.0 Å². The Kier molecular flexibility index (Phi) is 4.39. The van der Waals surface area contributed by atoms with Crippen LogP contribution >= 0.6 is 0 Å². The summed E-state index contributed by atoms with van der Waals surface area (Å²) in [5, 5.41) is 14.6. The minimum absolute atomic E-state index is 0.00761. The van der Waals surface area contributed by atoms with Gasteiger partial charge in [0.05, 0.1) is 18.7 Å². The number of hydrogen-bond donors (Lipinski definition) is 1. The van der Waals surface area contributed by atoms with E-state index in [0.717, 1.165) is 17.2 Å². The van der Waals surface area contributed by atoms with Crippen LogP contribution in [-0.4, -0.2) is 52.9 Å². The van der Waals surface area contributed by atoms with Crippen LogP contribution in [0.4, 0.5) is 4.79 Å². The number of carbonyl (C=O) groups excluding carboxylic acids is 1. The van der Waals surface area contributed by atoms with Crippen LogP contribution in [0.25, 0.3) is 0 Å². The summed E-state index contributed by atoms with van der Waals surface area (Å²) in [7, 11) is 1.48. The first kappa shape index (κ1) is 13.8. The first-order valence-corrected chi connectivity index (χ1v) is 6.87. The van der Waals surface area contributed by atoms with Crippen LogP contribution in [0, 0.1) is 5.92 Å². The molecule has 0 aromatic heterocycles. The third-order valence-electron chi connectivity index (χ3n) is 3.88. The lowest BCUT2D eigenvalue weighted by Gasteiger charge is -2.15. The fourth-order valence-electron chi connectivity index (χ4n) is 2.74. The molecule has 1 heterocycles. The van der Waals surface area contributed by atoms with Gasteiger partial charge in [-0.05, 0) is 12.3 Å². The molecule has 106 valence electrons. The van der Waals surface area contributed by atoms with Crippen molar-refractivity contribution in [3.63, 3.8) is 0 Å². The van der Waals surface area contributed by atoms with E-state index >= 15 is 0 Å². The van der Waals surface area contributed by atoms with Crippen LogP contribution < -0.4 is 0 Å². The lowest BCUT2D eigenvalue weighted by atomic mass is 10.0. The van der Waals surface area contributed by atoms with Crippen molar-refractivity contribution >= 4 is 17.7 Å². The average Bonchev–Trinajstić information content (AvgIpc) is 2.96. The van der Waals surface area contributed by atoms with E-state index in [1.54, 1.807) is 0 Å². The minimum atomic E-state index is -1.00. The van der Waals surface area contributed by atoms with Gasteiger partial charge in [0.1, 0.15) is 0 Å². The predicted molar refractivity (Wildman–Crippen MR) is 71.0 cm³/mol. The molecule has 6 nitrogen and oxygen atoms in total. The predicted octanol–water partition coefficient (Wildman–Crippen LogP) is 1.76. The van der Waals surface area contributed by atoms with Gasteiger partial charge in [-0.25, -0.2) is 9.80 Å². The van der Waals surface area contributed by atoms with Gasteiger partial charge >= 0.3 is 6.09 Å². The minimum Gasteiger partial charge on any atom is -0.465 e. The van der Waals surface area contributed by atoms with Crippen molar-refractivity contribution in [2.45, 2.75) is 38.5 Å². The Morgan fingerprint density at radius 3 is 2.79 bits per heavy atom. The maximum absolute atomic E-state index is 11.8. The largest absolute Gasteiger partial charge is 0.465 e. The average molecular weight is 267 g/mol. The third kappa shape index (κ3) is 3.68. The summed E-state index contributed by atoms with van der Waals surface area (Å²) in [5.74, 6) is 0.723. The van der Waals surface area contributed by atoms with E-state index in [-0.39, 0.29) is 18.9 Å². The van der Waals surface area contributed by atoms with Crippen LogP contribution in [0.1, 0.15) is 38.5 Å². The first-order valence-electron chi connectivity index (χ1n) is 6.87. The van der Waals surface area contributed by atoms with Crippen molar-refractivity contribution in [3.8, 4) is 0 Å². The molecule has 0 radical (unpaired) electrons. The van der Waals surface area contributed by atoms with Crippen molar-refractivity contribution in [1.82, 2.24) is 9.91 Å². The van der Waals surface area contributed by atoms with Crippen LogP contribution in [-0.2, 0) is 4.79 Å². The highest BCUT2D eigenvalue weighted by Crippen LogP contribution is 2.28. The van der Waals surface area contributed by atoms with Crippen molar-refractivity contribution < 1.29 is 14.7 Å². The van der Waals surface area contributed by atoms with Gasteiger partial charge in [0.15, 0.2) is 0 Å². The van der Waals surface area contributed by atoms with Crippen molar-refractivity contribution in [2.75, 3.05) is 20.1 Å². The van der Waals surface area contributed by atoms with E-state index in [2.05, 4.69) is 5.10 Å². The zero-order valence-electron chi connectivity index (χ0n) is 11.3. The topological polar surface area (TPSA) is 73.2 Å². The number of rotatable bonds is 5. The fourth-order valence-corrected chi connectivity index (χ4v) is 2.74. The Balaban J connectivity index is 1.81. The van der Waals surface area contributed by atoms with E-state index in [9.17, 15) is 9.59 Å². The molecule has 1 N–H and O–H groups in total. The Morgan fingerprint density at radius 2 is 2.16 bits per heavy atom. The van der Waals surface area contributed by atoms with Crippen LogP contribution in [0.2, 0.25) is 0 Å². The summed E-state index contributed by atoms with van der Waals surface area (Å²) in [5.41, 5.74) is 0.640. The molecule has 0 aromatic rings. The van der Waals surface area contributed by atoms with E-state index in [1.165, 1.54) is 37.7 Å². The Hall–Kier alpha value is -1.59. The highest BCUT2D eigenvalue weighted by Gasteiger charge is 2.26. The number of nitrogens with zero attached hydrogens (tertiary/aromatic N) is 3. The van der Waals surface area contributed by atoms with Crippen LogP contribution in [0.15, 0.2) is 5.10 Å². The first-order chi connectivity index (χ1) is 9.06. The summed E-state index contributed by atoms with van der Waals surface area (Å²) in [6.07, 6.45) is 5.40. The summed E-state index contributed by atoms with van der Waals surface area (Å²) in [6.45, 7) is 0.880. The second kappa shape index (κ2) is 6.04. The molecule has 1 saturated carbocycles. The number of carboxylic acid groups (broad SMARTS) is 1. The highest BCUT2D eigenvalue weighted by molar-refractivity contribution is 6.06. The molecule has 0 aromatic carbocycles. The molecule has 6 heteroatoms. The molecule has 0 unspecified atom stereocenters. The van der Waals surface area contributed by atoms with E-state index in [4.69, 9.17) is 5.11 Å². The number of amides is 2. The zero-order chi connectivity index (χ0) is 13.8. The summed E-state index contributed by atoms with van der Waals surface area (Å²) < 4.78 is 0. The van der Waals surface area contributed by atoms with Gasteiger partial charge < -0.3 is 10.0 Å². The highest BCUT2D eigenvalue weighted by atomic mass is 16.4. The molecule has 1 fully saturated rings. The standard InChI is InChI=1S/C13H21N3O3/c1-15(13(18)19)9-11-8-12(17)16(14-11)7-6-10-4-2-3-5-10/h10H,2-9H2,1H3,(H,18,19). The lowest BCUT2D eigenvalue weighted by molar-refractivity contribution is -0.128. The maximum Gasteiger partial charge on any atom is 0.407 e. The molecule has 2 aliphatic rings. The van der Waals surface area contributed by atoms with Gasteiger partial charge in [-0.15, -0.1) is 0 Å². The Labute approximate surface area is 113 Å². The van der Waals surface area contributed by atoms with Crippen LogP contribution in [0.3, 0.4) is 0 Å². The van der Waals surface area contributed by atoms with Gasteiger partial charge in [-0.3, -0.25) is 4.79 Å². The molecule has 2 amide bonds. The fraction of sp³-hybridized carbons (Fsp3) is 0.769. The number of hydrazone groups is 1. The second-order valence-corrected chi connectivity index (χ2v) is 5.44. The third-order valence-corrected chi connectivity index (χ3v) is 3.88. The molecule has 0 bridgehead atoms.